The number of aliphatic carboxylic acids is 1. The molecule has 2 saturated heterocycles. The summed E-state index contributed by atoms with van der Waals surface area (Å²) in [6.45, 7) is 2.02. The number of nitrogens with zero attached hydrogens (tertiary/aromatic N) is 2. The maximum atomic E-state index is 13.1. The van der Waals surface area contributed by atoms with E-state index in [1.54, 1.807) is 30.3 Å². The van der Waals surface area contributed by atoms with Crippen LogP contribution in [0.3, 0.4) is 0 Å². The van der Waals surface area contributed by atoms with Crippen LogP contribution in [-0.4, -0.2) is 70.9 Å². The molecule has 3 rings (SSSR count). The minimum absolute atomic E-state index is 0.0459. The van der Waals surface area contributed by atoms with Crippen molar-refractivity contribution in [3.05, 3.63) is 30.3 Å². The van der Waals surface area contributed by atoms with E-state index in [-0.39, 0.29) is 24.8 Å². The molecule has 0 radical (unpaired) electrons. The Labute approximate surface area is 171 Å². The molecule has 9 nitrogen and oxygen atoms in total. The Balaban J connectivity index is 1.93. The highest BCUT2D eigenvalue weighted by molar-refractivity contribution is 8.00. The number of para-hydroxylation sites is 1. The minimum Gasteiger partial charge on any atom is -0.481 e. The van der Waals surface area contributed by atoms with E-state index in [4.69, 9.17) is 9.47 Å². The molecule has 2 fully saturated rings. The van der Waals surface area contributed by atoms with E-state index in [9.17, 15) is 24.3 Å². The highest BCUT2D eigenvalue weighted by Crippen LogP contribution is 2.53. The summed E-state index contributed by atoms with van der Waals surface area (Å²) in [7, 11) is 1.42. The smallest absolute Gasteiger partial charge is 0.315 e. The lowest BCUT2D eigenvalue weighted by Gasteiger charge is -2.62. The minimum atomic E-state index is -1.45. The first-order valence-corrected chi connectivity index (χ1v) is 9.89. The zero-order chi connectivity index (χ0) is 21.4. The van der Waals surface area contributed by atoms with Gasteiger partial charge in [0.1, 0.15) is 12.0 Å². The molecule has 1 aromatic carbocycles. The number of β-lactam (4-membered cyclic amide) rings is 1. The number of hydrogen-bond acceptors (Lipinski definition) is 7. The second-order valence-corrected chi connectivity index (χ2v) is 8.20. The van der Waals surface area contributed by atoms with Crippen molar-refractivity contribution >= 4 is 41.2 Å². The van der Waals surface area contributed by atoms with Gasteiger partial charge in [-0.3, -0.25) is 29.0 Å². The Bertz CT molecular complexity index is 848. The number of esters is 1. The second kappa shape index (κ2) is 7.68. The van der Waals surface area contributed by atoms with Crippen molar-refractivity contribution in [2.75, 3.05) is 30.9 Å². The van der Waals surface area contributed by atoms with E-state index in [1.807, 2.05) is 0 Å². The van der Waals surface area contributed by atoms with E-state index in [0.717, 1.165) is 11.8 Å². The summed E-state index contributed by atoms with van der Waals surface area (Å²) in [5.41, 5.74) is -0.905. The van der Waals surface area contributed by atoms with Gasteiger partial charge in [-0.2, -0.15) is 0 Å². The van der Waals surface area contributed by atoms with Gasteiger partial charge in [-0.25, -0.2) is 0 Å². The molecule has 2 heterocycles. The molecule has 2 amide bonds. The molecule has 2 aliphatic heterocycles. The fourth-order valence-electron chi connectivity index (χ4n) is 3.65. The van der Waals surface area contributed by atoms with E-state index in [2.05, 4.69) is 0 Å². The molecule has 3 atom stereocenters. The first-order chi connectivity index (χ1) is 13.7. The number of carboxylic acids is 1. The average Bonchev–Trinajstić information content (AvgIpc) is 2.70. The zero-order valence-electron chi connectivity index (χ0n) is 16.3. The maximum absolute atomic E-state index is 13.1. The quantitative estimate of drug-likeness (QED) is 0.532. The highest BCUT2D eigenvalue weighted by Gasteiger charge is 2.70. The van der Waals surface area contributed by atoms with Gasteiger partial charge in [-0.05, 0) is 12.1 Å². The maximum Gasteiger partial charge on any atom is 0.315 e. The lowest BCUT2D eigenvalue weighted by atomic mass is 9.86. The molecule has 2 unspecified atom stereocenters. The van der Waals surface area contributed by atoms with Crippen molar-refractivity contribution in [3.8, 4) is 0 Å². The van der Waals surface area contributed by atoms with E-state index in [0.29, 0.717) is 5.69 Å². The number of rotatable bonds is 6. The van der Waals surface area contributed by atoms with Gasteiger partial charge in [-0.15, -0.1) is 11.8 Å². The van der Waals surface area contributed by atoms with Crippen molar-refractivity contribution in [2.45, 2.75) is 24.9 Å². The standard InChI is InChI=1S/C19H22N2O7S/c1-12(22)21(14-7-5-4-6-8-14)15-16(24)20-9-18(17(25)26,10-28-13(2)23)11-29-19(15,20)27-3/h4-8,15H,9-11H2,1-3H3,(H,25,26)/t15?,18?,19-/m1/s1. The summed E-state index contributed by atoms with van der Waals surface area (Å²) in [4.78, 5) is 51.3. The zero-order valence-corrected chi connectivity index (χ0v) is 17.1. The third-order valence-electron chi connectivity index (χ3n) is 5.17. The number of amides is 2. The summed E-state index contributed by atoms with van der Waals surface area (Å²) >= 11 is 1.12. The highest BCUT2D eigenvalue weighted by atomic mass is 32.2. The molecule has 0 spiro atoms. The van der Waals surface area contributed by atoms with Crippen LogP contribution in [0.5, 0.6) is 0 Å². The van der Waals surface area contributed by atoms with Crippen LogP contribution in [0.4, 0.5) is 5.69 Å². The average molecular weight is 422 g/mol. The van der Waals surface area contributed by atoms with Crippen molar-refractivity contribution < 1.29 is 33.8 Å². The summed E-state index contributed by atoms with van der Waals surface area (Å²) in [5.74, 6) is -2.48. The molecule has 0 saturated carbocycles. The van der Waals surface area contributed by atoms with Crippen LogP contribution in [0.2, 0.25) is 0 Å². The number of carbonyl (C=O) groups is 4. The number of fused-ring (bicyclic) bond motifs is 1. The molecular formula is C19H22N2O7S. The molecular weight excluding hydrogens is 400 g/mol. The van der Waals surface area contributed by atoms with Gasteiger partial charge >= 0.3 is 11.9 Å². The normalized spacial score (nSPS) is 28.2. The summed E-state index contributed by atoms with van der Waals surface area (Å²) in [6.07, 6.45) is 0. The third-order valence-corrected chi connectivity index (χ3v) is 6.89. The lowest BCUT2D eigenvalue weighted by Crippen LogP contribution is -2.82. The summed E-state index contributed by atoms with van der Waals surface area (Å²) in [5, 5.41) is 8.55. The predicted octanol–water partition coefficient (Wildman–Crippen LogP) is 0.931. The molecule has 0 aromatic heterocycles. The van der Waals surface area contributed by atoms with Crippen LogP contribution in [0.15, 0.2) is 30.3 Å². The van der Waals surface area contributed by atoms with Crippen LogP contribution in [-0.2, 0) is 28.7 Å². The fraction of sp³-hybridized carbons (Fsp3) is 0.474. The summed E-state index contributed by atoms with van der Waals surface area (Å²) < 4.78 is 10.6. The van der Waals surface area contributed by atoms with Crippen LogP contribution in [0.25, 0.3) is 0 Å². The van der Waals surface area contributed by atoms with Gasteiger partial charge in [0.15, 0.2) is 6.04 Å². The lowest BCUT2D eigenvalue weighted by molar-refractivity contribution is -0.198. The van der Waals surface area contributed by atoms with E-state index < -0.39 is 34.4 Å². The van der Waals surface area contributed by atoms with E-state index >= 15 is 0 Å². The fourth-order valence-corrected chi connectivity index (χ4v) is 5.22. The Kier molecular flexibility index (Phi) is 5.59. The van der Waals surface area contributed by atoms with Crippen LogP contribution in [0.1, 0.15) is 13.8 Å². The van der Waals surface area contributed by atoms with Crippen LogP contribution < -0.4 is 4.90 Å². The number of methoxy groups -OCH3 is 1. The molecule has 29 heavy (non-hydrogen) atoms. The molecule has 10 heteroatoms. The Morgan fingerprint density at radius 2 is 1.93 bits per heavy atom. The van der Waals surface area contributed by atoms with Crippen molar-refractivity contribution in [2.24, 2.45) is 5.41 Å². The topological polar surface area (TPSA) is 113 Å². The molecule has 2 aliphatic rings. The second-order valence-electron chi connectivity index (χ2n) is 7.04. The van der Waals surface area contributed by atoms with E-state index in [1.165, 1.54) is 30.8 Å². The number of ether oxygens (including phenoxy) is 2. The summed E-state index contributed by atoms with van der Waals surface area (Å²) in [6, 6.07) is 7.82. The van der Waals surface area contributed by atoms with Gasteiger partial charge in [0.25, 0.3) is 5.91 Å². The number of carbonyl (C=O) groups excluding carboxylic acids is 3. The predicted molar refractivity (Wildman–Crippen MR) is 104 cm³/mol. The Morgan fingerprint density at radius 3 is 2.45 bits per heavy atom. The molecule has 1 N–H and O–H groups in total. The van der Waals surface area contributed by atoms with Crippen LogP contribution in [0, 0.1) is 5.41 Å². The monoisotopic (exact) mass is 422 g/mol. The SMILES string of the molecule is CO[C@]12SCC(COC(C)=O)(C(=O)O)CN1C(=O)C2N(C(C)=O)c1ccccc1. The number of anilines is 1. The number of benzene rings is 1. The first-order valence-electron chi connectivity index (χ1n) is 8.91. The van der Waals surface area contributed by atoms with Crippen molar-refractivity contribution in [3.63, 3.8) is 0 Å². The molecule has 156 valence electrons. The van der Waals surface area contributed by atoms with Gasteiger partial charge in [0, 0.05) is 38.9 Å². The van der Waals surface area contributed by atoms with Crippen molar-refractivity contribution in [1.29, 1.82) is 0 Å². The Hall–Kier alpha value is -2.59. The molecule has 1 aromatic rings. The van der Waals surface area contributed by atoms with Crippen molar-refractivity contribution in [1.82, 2.24) is 4.90 Å². The van der Waals surface area contributed by atoms with Gasteiger partial charge < -0.3 is 14.6 Å². The molecule has 0 bridgehead atoms. The first kappa shape index (κ1) is 21.1. The number of carboxylic acid groups (broad SMARTS) is 1. The number of thioether (sulfide) groups is 1. The van der Waals surface area contributed by atoms with Gasteiger partial charge in [0.2, 0.25) is 11.0 Å². The molecule has 0 aliphatic carbocycles. The third kappa shape index (κ3) is 3.36. The van der Waals surface area contributed by atoms with Gasteiger partial charge in [-0.1, -0.05) is 18.2 Å². The van der Waals surface area contributed by atoms with Crippen LogP contribution >= 0.6 is 11.8 Å². The largest absolute Gasteiger partial charge is 0.481 e. The van der Waals surface area contributed by atoms with Gasteiger partial charge in [0.05, 0.1) is 0 Å². The Morgan fingerprint density at radius 1 is 1.28 bits per heavy atom. The number of hydrogen-bond donors (Lipinski definition) is 1.